The molecule has 0 spiro atoms. The Labute approximate surface area is 169 Å². The van der Waals surface area contributed by atoms with E-state index in [0.29, 0.717) is 35.2 Å². The third kappa shape index (κ3) is 4.95. The number of benzene rings is 2. The number of hydrogen-bond acceptors (Lipinski definition) is 6. The average molecular weight is 393 g/mol. The second-order valence-corrected chi connectivity index (χ2v) is 6.01. The van der Waals surface area contributed by atoms with Gasteiger partial charge in [-0.15, -0.1) is 0 Å². The molecule has 1 heterocycles. The normalized spacial score (nSPS) is 10.2. The van der Waals surface area contributed by atoms with E-state index in [1.807, 2.05) is 31.2 Å². The molecule has 3 aromatic rings. The number of para-hydroxylation sites is 2. The lowest BCUT2D eigenvalue weighted by atomic mass is 10.2. The topological polar surface area (TPSA) is 81.7 Å². The molecule has 0 aliphatic heterocycles. The Hall–Kier alpha value is -3.74. The van der Waals surface area contributed by atoms with Crippen LogP contribution in [0.25, 0.3) is 0 Å². The number of amides is 1. The van der Waals surface area contributed by atoms with Crippen LogP contribution in [-0.2, 0) is 0 Å². The molecule has 0 saturated carbocycles. The standard InChI is InChI=1S/C22H23N3O4/c1-4-29-18-8-6-5-7-17(18)25-21-13-15(11-12-23-21)22(26)24-16-9-10-19(27-2)20(14-16)28-3/h5-14H,4H2,1-3H3,(H,23,25)(H,24,26). The molecule has 1 amide bonds. The second kappa shape index (κ2) is 9.45. The second-order valence-electron chi connectivity index (χ2n) is 6.01. The predicted octanol–water partition coefficient (Wildman–Crippen LogP) is 4.49. The lowest BCUT2D eigenvalue weighted by Gasteiger charge is -2.13. The van der Waals surface area contributed by atoms with Crippen LogP contribution < -0.4 is 24.8 Å². The Balaban J connectivity index is 1.76. The van der Waals surface area contributed by atoms with Crippen LogP contribution in [-0.4, -0.2) is 31.7 Å². The highest BCUT2D eigenvalue weighted by atomic mass is 16.5. The highest BCUT2D eigenvalue weighted by Gasteiger charge is 2.11. The highest BCUT2D eigenvalue weighted by molar-refractivity contribution is 6.04. The number of carbonyl (C=O) groups is 1. The van der Waals surface area contributed by atoms with Gasteiger partial charge in [-0.3, -0.25) is 4.79 Å². The van der Waals surface area contributed by atoms with Crippen LogP contribution in [0.3, 0.4) is 0 Å². The predicted molar refractivity (Wildman–Crippen MR) is 113 cm³/mol. The molecule has 0 unspecified atom stereocenters. The average Bonchev–Trinajstić information content (AvgIpc) is 2.75. The Kier molecular flexibility index (Phi) is 6.52. The summed E-state index contributed by atoms with van der Waals surface area (Å²) in [4.78, 5) is 17.0. The van der Waals surface area contributed by atoms with Crippen molar-refractivity contribution in [2.24, 2.45) is 0 Å². The zero-order chi connectivity index (χ0) is 20.6. The number of aromatic nitrogens is 1. The summed E-state index contributed by atoms with van der Waals surface area (Å²) in [5.74, 6) is 2.12. The van der Waals surface area contributed by atoms with Gasteiger partial charge in [-0.05, 0) is 43.3 Å². The molecule has 2 aromatic carbocycles. The monoisotopic (exact) mass is 393 g/mol. The van der Waals surface area contributed by atoms with E-state index in [4.69, 9.17) is 14.2 Å². The molecule has 0 bridgehead atoms. The van der Waals surface area contributed by atoms with E-state index in [1.165, 1.54) is 0 Å². The lowest BCUT2D eigenvalue weighted by molar-refractivity contribution is 0.102. The van der Waals surface area contributed by atoms with Crippen molar-refractivity contribution in [1.29, 1.82) is 0 Å². The fourth-order valence-electron chi connectivity index (χ4n) is 2.75. The van der Waals surface area contributed by atoms with Gasteiger partial charge in [0.2, 0.25) is 0 Å². The quantitative estimate of drug-likeness (QED) is 0.587. The van der Waals surface area contributed by atoms with Crippen LogP contribution >= 0.6 is 0 Å². The Bertz CT molecular complexity index is 991. The van der Waals surface area contributed by atoms with Gasteiger partial charge in [-0.1, -0.05) is 12.1 Å². The zero-order valence-electron chi connectivity index (χ0n) is 16.6. The third-order valence-electron chi connectivity index (χ3n) is 4.11. The van der Waals surface area contributed by atoms with Gasteiger partial charge in [0.1, 0.15) is 11.6 Å². The number of carbonyl (C=O) groups excluding carboxylic acids is 1. The lowest BCUT2D eigenvalue weighted by Crippen LogP contribution is -2.12. The first-order valence-electron chi connectivity index (χ1n) is 9.13. The summed E-state index contributed by atoms with van der Waals surface area (Å²) in [6, 6.07) is 16.1. The molecule has 0 saturated heterocycles. The van der Waals surface area contributed by atoms with Crippen molar-refractivity contribution in [1.82, 2.24) is 4.98 Å². The highest BCUT2D eigenvalue weighted by Crippen LogP contribution is 2.30. The maximum Gasteiger partial charge on any atom is 0.255 e. The number of nitrogens with one attached hydrogen (secondary N) is 2. The van der Waals surface area contributed by atoms with Gasteiger partial charge in [0, 0.05) is 23.5 Å². The smallest absolute Gasteiger partial charge is 0.255 e. The first kappa shape index (κ1) is 20.0. The first-order chi connectivity index (χ1) is 14.1. The number of methoxy groups -OCH3 is 2. The van der Waals surface area contributed by atoms with Crippen LogP contribution in [0.1, 0.15) is 17.3 Å². The summed E-state index contributed by atoms with van der Waals surface area (Å²) >= 11 is 0. The van der Waals surface area contributed by atoms with Gasteiger partial charge in [-0.2, -0.15) is 0 Å². The molecular weight excluding hydrogens is 370 g/mol. The molecular formula is C22H23N3O4. The summed E-state index contributed by atoms with van der Waals surface area (Å²) in [5, 5.41) is 6.05. The largest absolute Gasteiger partial charge is 0.493 e. The minimum absolute atomic E-state index is 0.263. The minimum Gasteiger partial charge on any atom is -0.493 e. The number of rotatable bonds is 8. The molecule has 0 aliphatic carbocycles. The van der Waals surface area contributed by atoms with Crippen molar-refractivity contribution in [3.63, 3.8) is 0 Å². The van der Waals surface area contributed by atoms with Crippen molar-refractivity contribution < 1.29 is 19.0 Å². The van der Waals surface area contributed by atoms with Crippen molar-refractivity contribution in [3.8, 4) is 17.2 Å². The van der Waals surface area contributed by atoms with Gasteiger partial charge in [0.15, 0.2) is 11.5 Å². The molecule has 0 aliphatic rings. The van der Waals surface area contributed by atoms with Gasteiger partial charge in [0.25, 0.3) is 5.91 Å². The van der Waals surface area contributed by atoms with Crippen LogP contribution in [0.4, 0.5) is 17.2 Å². The number of anilines is 3. The van der Waals surface area contributed by atoms with Crippen molar-refractivity contribution in [2.75, 3.05) is 31.5 Å². The van der Waals surface area contributed by atoms with E-state index >= 15 is 0 Å². The van der Waals surface area contributed by atoms with Gasteiger partial charge >= 0.3 is 0 Å². The fraction of sp³-hybridized carbons (Fsp3) is 0.182. The summed E-state index contributed by atoms with van der Waals surface area (Å²) in [6.45, 7) is 2.48. The number of nitrogens with zero attached hydrogens (tertiary/aromatic N) is 1. The number of hydrogen-bond donors (Lipinski definition) is 2. The molecule has 7 heteroatoms. The maximum atomic E-state index is 12.7. The zero-order valence-corrected chi connectivity index (χ0v) is 16.6. The van der Waals surface area contributed by atoms with Gasteiger partial charge in [0.05, 0.1) is 26.5 Å². The molecule has 29 heavy (non-hydrogen) atoms. The molecule has 0 atom stereocenters. The van der Waals surface area contributed by atoms with Crippen molar-refractivity contribution in [3.05, 3.63) is 66.4 Å². The van der Waals surface area contributed by atoms with Gasteiger partial charge < -0.3 is 24.8 Å². The van der Waals surface area contributed by atoms with Crippen LogP contribution in [0.15, 0.2) is 60.8 Å². The number of ether oxygens (including phenoxy) is 3. The molecule has 0 radical (unpaired) electrons. The Morgan fingerprint density at radius 2 is 1.76 bits per heavy atom. The van der Waals surface area contributed by atoms with Crippen LogP contribution in [0.5, 0.6) is 17.2 Å². The van der Waals surface area contributed by atoms with E-state index in [9.17, 15) is 4.79 Å². The molecule has 3 rings (SSSR count). The molecule has 1 aromatic heterocycles. The van der Waals surface area contributed by atoms with Crippen molar-refractivity contribution in [2.45, 2.75) is 6.92 Å². The molecule has 2 N–H and O–H groups in total. The Morgan fingerprint density at radius 3 is 2.52 bits per heavy atom. The minimum atomic E-state index is -0.263. The summed E-state index contributed by atoms with van der Waals surface area (Å²) < 4.78 is 16.1. The maximum absolute atomic E-state index is 12.7. The van der Waals surface area contributed by atoms with E-state index in [2.05, 4.69) is 15.6 Å². The van der Waals surface area contributed by atoms with Gasteiger partial charge in [-0.25, -0.2) is 4.98 Å². The SMILES string of the molecule is CCOc1ccccc1Nc1cc(C(=O)Nc2ccc(OC)c(OC)c2)ccn1. The number of pyridine rings is 1. The van der Waals surface area contributed by atoms with E-state index in [0.717, 1.165) is 11.4 Å². The summed E-state index contributed by atoms with van der Waals surface area (Å²) in [6.07, 6.45) is 1.58. The third-order valence-corrected chi connectivity index (χ3v) is 4.11. The molecule has 150 valence electrons. The van der Waals surface area contributed by atoms with E-state index in [-0.39, 0.29) is 5.91 Å². The van der Waals surface area contributed by atoms with Crippen molar-refractivity contribution >= 4 is 23.1 Å². The fourth-order valence-corrected chi connectivity index (χ4v) is 2.75. The molecule has 7 nitrogen and oxygen atoms in total. The van der Waals surface area contributed by atoms with E-state index in [1.54, 1.807) is 50.7 Å². The Morgan fingerprint density at radius 1 is 0.966 bits per heavy atom. The van der Waals surface area contributed by atoms with Crippen LogP contribution in [0.2, 0.25) is 0 Å². The van der Waals surface area contributed by atoms with E-state index < -0.39 is 0 Å². The molecule has 0 fully saturated rings. The summed E-state index contributed by atoms with van der Waals surface area (Å²) in [7, 11) is 3.11. The summed E-state index contributed by atoms with van der Waals surface area (Å²) in [5.41, 5.74) is 1.84. The van der Waals surface area contributed by atoms with Crippen LogP contribution in [0, 0.1) is 0 Å². The first-order valence-corrected chi connectivity index (χ1v) is 9.13.